The number of nitrogens with zero attached hydrogens (tertiary/aromatic N) is 3. The zero-order valence-electron chi connectivity index (χ0n) is 12.0. The van der Waals surface area contributed by atoms with Gasteiger partial charge in [-0.3, -0.25) is 9.89 Å². The molecule has 116 valence electrons. The molecule has 0 amide bonds. The molecule has 2 heterocycles. The third kappa shape index (κ3) is 3.34. The Balaban J connectivity index is 1.76. The molecule has 3 aromatic rings. The fourth-order valence-corrected chi connectivity index (χ4v) is 2.11. The van der Waals surface area contributed by atoms with Crippen molar-refractivity contribution in [3.05, 3.63) is 77.9 Å². The maximum atomic E-state index is 13.6. The van der Waals surface area contributed by atoms with Crippen molar-refractivity contribution in [2.75, 3.05) is 0 Å². The molecular weight excluding hydrogens is 299 g/mol. The Hall–Kier alpha value is -3.22. The molecule has 6 nitrogen and oxygen atoms in total. The molecule has 0 unspecified atom stereocenters. The monoisotopic (exact) mass is 312 g/mol. The lowest BCUT2D eigenvalue weighted by Crippen LogP contribution is -2.00. The fraction of sp³-hybridized carbons (Fsp3) is 0.0625. The summed E-state index contributed by atoms with van der Waals surface area (Å²) in [4.78, 5) is 15.5. The number of carbonyl (C=O) groups excluding carboxylic acids is 1. The van der Waals surface area contributed by atoms with E-state index in [1.165, 1.54) is 12.4 Å². The van der Waals surface area contributed by atoms with E-state index >= 15 is 0 Å². The van der Waals surface area contributed by atoms with Crippen molar-refractivity contribution in [1.29, 1.82) is 0 Å². The first-order chi connectivity index (χ1) is 11.1. The van der Waals surface area contributed by atoms with E-state index in [-0.39, 0.29) is 17.4 Å². The van der Waals surface area contributed by atoms with Crippen molar-refractivity contribution in [3.8, 4) is 0 Å². The number of hydrogen-bond donors (Lipinski definition) is 2. The summed E-state index contributed by atoms with van der Waals surface area (Å²) in [6.45, 7) is 0.329. The number of allylic oxidation sites excluding steroid dienone is 1. The van der Waals surface area contributed by atoms with E-state index in [4.69, 9.17) is 0 Å². The van der Waals surface area contributed by atoms with Crippen molar-refractivity contribution >= 4 is 11.5 Å². The van der Waals surface area contributed by atoms with Gasteiger partial charge in [-0.25, -0.2) is 9.37 Å². The van der Waals surface area contributed by atoms with Crippen LogP contribution in [0.25, 0.3) is 5.76 Å². The average molecular weight is 312 g/mol. The van der Waals surface area contributed by atoms with Crippen LogP contribution < -0.4 is 0 Å². The van der Waals surface area contributed by atoms with Crippen LogP contribution in [0.5, 0.6) is 0 Å². The Kier molecular flexibility index (Phi) is 4.01. The summed E-state index contributed by atoms with van der Waals surface area (Å²) in [6, 6.07) is 8.12. The third-order valence-electron chi connectivity index (χ3n) is 3.27. The van der Waals surface area contributed by atoms with Crippen LogP contribution in [0.4, 0.5) is 4.39 Å². The number of aromatic amines is 1. The number of halogens is 1. The van der Waals surface area contributed by atoms with Gasteiger partial charge < -0.3 is 9.67 Å². The highest BCUT2D eigenvalue weighted by Crippen LogP contribution is 2.15. The molecule has 0 spiro atoms. The number of aliphatic hydroxyl groups is 1. The van der Waals surface area contributed by atoms with Crippen molar-refractivity contribution < 1.29 is 14.3 Å². The molecule has 0 fully saturated rings. The highest BCUT2D eigenvalue weighted by molar-refractivity contribution is 6.05. The van der Waals surface area contributed by atoms with Gasteiger partial charge in [0.25, 0.3) is 0 Å². The minimum atomic E-state index is -0.484. The van der Waals surface area contributed by atoms with Crippen LogP contribution in [-0.2, 0) is 6.54 Å². The van der Waals surface area contributed by atoms with E-state index in [2.05, 4.69) is 15.2 Å². The maximum absolute atomic E-state index is 13.6. The van der Waals surface area contributed by atoms with Gasteiger partial charge in [-0.15, -0.1) is 0 Å². The lowest BCUT2D eigenvalue weighted by molar-refractivity contribution is 0.103. The number of ketones is 1. The van der Waals surface area contributed by atoms with E-state index in [0.29, 0.717) is 17.7 Å². The fourth-order valence-electron chi connectivity index (χ4n) is 2.11. The van der Waals surface area contributed by atoms with Crippen molar-refractivity contribution in [2.45, 2.75) is 6.54 Å². The molecule has 0 aliphatic rings. The SMILES string of the molecule is O=C(C=C(O)c1ccn(Cc2ccccc2F)c1)c1ncn[nH]1. The standard InChI is InChI=1S/C16H13FN4O2/c17-13-4-2-1-3-11(13)8-21-6-5-12(9-21)14(22)7-15(23)16-18-10-19-20-16/h1-7,9-10,22H,8H2,(H,18,19,20). The van der Waals surface area contributed by atoms with E-state index in [0.717, 1.165) is 6.08 Å². The molecule has 23 heavy (non-hydrogen) atoms. The highest BCUT2D eigenvalue weighted by Gasteiger charge is 2.10. The number of hydrogen-bond acceptors (Lipinski definition) is 4. The summed E-state index contributed by atoms with van der Waals surface area (Å²) in [5.74, 6) is -0.925. The Morgan fingerprint density at radius 2 is 2.17 bits per heavy atom. The van der Waals surface area contributed by atoms with Crippen molar-refractivity contribution in [3.63, 3.8) is 0 Å². The highest BCUT2D eigenvalue weighted by atomic mass is 19.1. The Morgan fingerprint density at radius 3 is 2.91 bits per heavy atom. The van der Waals surface area contributed by atoms with Gasteiger partial charge in [0.05, 0.1) is 0 Å². The molecule has 3 rings (SSSR count). The van der Waals surface area contributed by atoms with Gasteiger partial charge in [-0.05, 0) is 12.1 Å². The second-order valence-corrected chi connectivity index (χ2v) is 4.89. The first-order valence-corrected chi connectivity index (χ1v) is 6.83. The number of aliphatic hydroxyl groups excluding tert-OH is 1. The largest absolute Gasteiger partial charge is 0.507 e. The number of rotatable bonds is 5. The van der Waals surface area contributed by atoms with Crippen LogP contribution in [0.1, 0.15) is 21.7 Å². The van der Waals surface area contributed by atoms with E-state index < -0.39 is 5.78 Å². The topological polar surface area (TPSA) is 83.8 Å². The zero-order chi connectivity index (χ0) is 16.2. The van der Waals surface area contributed by atoms with Gasteiger partial charge in [0.1, 0.15) is 17.9 Å². The summed E-state index contributed by atoms with van der Waals surface area (Å²) < 4.78 is 15.4. The molecule has 0 radical (unpaired) electrons. The molecule has 0 aliphatic carbocycles. The summed E-state index contributed by atoms with van der Waals surface area (Å²) >= 11 is 0. The Bertz CT molecular complexity index is 853. The zero-order valence-corrected chi connectivity index (χ0v) is 12.0. The first kappa shape index (κ1) is 14.7. The number of nitrogens with one attached hydrogen (secondary N) is 1. The lowest BCUT2D eigenvalue weighted by Gasteiger charge is -2.04. The molecule has 0 saturated heterocycles. The predicted molar refractivity (Wildman–Crippen MR) is 81.3 cm³/mol. The van der Waals surface area contributed by atoms with Crippen LogP contribution in [0, 0.1) is 5.82 Å². The molecule has 0 aliphatic heterocycles. The summed E-state index contributed by atoms with van der Waals surface area (Å²) in [6.07, 6.45) is 5.60. The third-order valence-corrected chi connectivity index (χ3v) is 3.27. The minimum absolute atomic E-state index is 0.0438. The Labute approximate surface area is 130 Å². The smallest absolute Gasteiger partial charge is 0.226 e. The van der Waals surface area contributed by atoms with Crippen molar-refractivity contribution in [2.24, 2.45) is 0 Å². The summed E-state index contributed by atoms with van der Waals surface area (Å²) in [5, 5.41) is 16.0. The molecule has 2 aromatic heterocycles. The quantitative estimate of drug-likeness (QED) is 0.431. The molecule has 0 atom stereocenters. The average Bonchev–Trinajstić information content (AvgIpc) is 3.21. The molecule has 1 aromatic carbocycles. The van der Waals surface area contributed by atoms with Crippen LogP contribution in [0.15, 0.2) is 55.1 Å². The summed E-state index contributed by atoms with van der Waals surface area (Å²) in [5.41, 5.74) is 0.991. The maximum Gasteiger partial charge on any atom is 0.226 e. The number of aromatic nitrogens is 4. The molecule has 2 N–H and O–H groups in total. The van der Waals surface area contributed by atoms with E-state index in [1.807, 2.05) is 0 Å². The summed E-state index contributed by atoms with van der Waals surface area (Å²) in [7, 11) is 0. The molecule has 0 bridgehead atoms. The molecule has 0 saturated carbocycles. The van der Waals surface area contributed by atoms with Gasteiger partial charge in [0.2, 0.25) is 5.78 Å². The second-order valence-electron chi connectivity index (χ2n) is 4.89. The van der Waals surface area contributed by atoms with Gasteiger partial charge >= 0.3 is 0 Å². The number of benzene rings is 1. The number of H-pyrrole nitrogens is 1. The Morgan fingerprint density at radius 1 is 1.35 bits per heavy atom. The van der Waals surface area contributed by atoms with Gasteiger partial charge in [-0.1, -0.05) is 18.2 Å². The lowest BCUT2D eigenvalue weighted by atomic mass is 10.2. The van der Waals surface area contributed by atoms with E-state index in [9.17, 15) is 14.3 Å². The van der Waals surface area contributed by atoms with Gasteiger partial charge in [0, 0.05) is 36.1 Å². The number of carbonyl (C=O) groups is 1. The van der Waals surface area contributed by atoms with Crippen LogP contribution in [-0.4, -0.2) is 30.6 Å². The van der Waals surface area contributed by atoms with Crippen LogP contribution in [0.2, 0.25) is 0 Å². The first-order valence-electron chi connectivity index (χ1n) is 6.83. The second kappa shape index (κ2) is 6.27. The van der Waals surface area contributed by atoms with Crippen LogP contribution in [0.3, 0.4) is 0 Å². The molecule has 7 heteroatoms. The van der Waals surface area contributed by atoms with Gasteiger partial charge in [0.15, 0.2) is 5.82 Å². The molecular formula is C16H13FN4O2. The predicted octanol–water partition coefficient (Wildman–Crippen LogP) is 2.58. The van der Waals surface area contributed by atoms with Crippen LogP contribution >= 0.6 is 0 Å². The van der Waals surface area contributed by atoms with Crippen molar-refractivity contribution in [1.82, 2.24) is 19.7 Å². The van der Waals surface area contributed by atoms with Gasteiger partial charge in [-0.2, -0.15) is 5.10 Å². The minimum Gasteiger partial charge on any atom is -0.507 e. The van der Waals surface area contributed by atoms with E-state index in [1.54, 1.807) is 41.2 Å². The normalized spacial score (nSPS) is 11.6.